The minimum atomic E-state index is -0.0768. The van der Waals surface area contributed by atoms with Gasteiger partial charge < -0.3 is 14.5 Å². The third kappa shape index (κ3) is 4.00. The van der Waals surface area contributed by atoms with Crippen molar-refractivity contribution in [2.24, 2.45) is 0 Å². The molecule has 4 rings (SSSR count). The van der Waals surface area contributed by atoms with E-state index in [1.165, 1.54) is 0 Å². The highest BCUT2D eigenvalue weighted by atomic mass is 16.5. The van der Waals surface area contributed by atoms with Gasteiger partial charge in [0.1, 0.15) is 12.1 Å². The number of ether oxygens (including phenoxy) is 1. The number of fused-ring (bicyclic) bond motifs is 1. The second kappa shape index (κ2) is 8.79. The molecule has 2 aromatic heterocycles. The number of para-hydroxylation sites is 1. The zero-order valence-corrected chi connectivity index (χ0v) is 17.8. The van der Waals surface area contributed by atoms with Crippen molar-refractivity contribution >= 4 is 22.4 Å². The standard InChI is InChI=1S/C22H28N6O2/c1-16-6-4-8-19-21(16)23-15-24-22(19)27-9-5-7-17(14-27)28-20(29)12-18(13-25-28)26(2)10-11-30-3/h4,6,8,12-13,15,17H,5,7,9-11,14H2,1-3H3. The molecule has 0 spiro atoms. The second-order valence-electron chi connectivity index (χ2n) is 7.82. The number of hydrogen-bond acceptors (Lipinski definition) is 7. The first-order valence-corrected chi connectivity index (χ1v) is 10.3. The molecule has 1 atom stereocenters. The summed E-state index contributed by atoms with van der Waals surface area (Å²) >= 11 is 0. The molecule has 1 unspecified atom stereocenters. The van der Waals surface area contributed by atoms with Gasteiger partial charge in [-0.3, -0.25) is 4.79 Å². The predicted molar refractivity (Wildman–Crippen MR) is 118 cm³/mol. The first kappa shape index (κ1) is 20.3. The van der Waals surface area contributed by atoms with Gasteiger partial charge >= 0.3 is 0 Å². The van der Waals surface area contributed by atoms with Crippen molar-refractivity contribution in [1.29, 1.82) is 0 Å². The van der Waals surface area contributed by atoms with E-state index in [-0.39, 0.29) is 11.6 Å². The van der Waals surface area contributed by atoms with Gasteiger partial charge in [0.2, 0.25) is 0 Å². The van der Waals surface area contributed by atoms with Crippen LogP contribution in [0.5, 0.6) is 0 Å². The van der Waals surface area contributed by atoms with Crippen LogP contribution in [0.25, 0.3) is 10.9 Å². The van der Waals surface area contributed by atoms with Crippen LogP contribution in [0.2, 0.25) is 0 Å². The molecule has 3 heterocycles. The molecule has 0 bridgehead atoms. The fraction of sp³-hybridized carbons (Fsp3) is 0.455. The minimum Gasteiger partial charge on any atom is -0.383 e. The average molecular weight is 409 g/mol. The molecule has 0 radical (unpaired) electrons. The summed E-state index contributed by atoms with van der Waals surface area (Å²) in [6.07, 6.45) is 5.29. The van der Waals surface area contributed by atoms with Crippen molar-refractivity contribution < 1.29 is 4.74 Å². The maximum absolute atomic E-state index is 12.8. The van der Waals surface area contributed by atoms with E-state index in [1.54, 1.807) is 30.4 Å². The van der Waals surface area contributed by atoms with Crippen LogP contribution in [0.15, 0.2) is 41.6 Å². The van der Waals surface area contributed by atoms with Crippen LogP contribution >= 0.6 is 0 Å². The Bertz CT molecular complexity index is 1080. The molecule has 0 N–H and O–H groups in total. The lowest BCUT2D eigenvalue weighted by atomic mass is 10.0. The van der Waals surface area contributed by atoms with Crippen molar-refractivity contribution in [1.82, 2.24) is 19.7 Å². The van der Waals surface area contributed by atoms with Gasteiger partial charge in [-0.05, 0) is 31.4 Å². The van der Waals surface area contributed by atoms with Gasteiger partial charge in [-0.1, -0.05) is 12.1 Å². The molecule has 1 fully saturated rings. The first-order chi connectivity index (χ1) is 14.6. The molecule has 8 heteroatoms. The molecular weight excluding hydrogens is 380 g/mol. The molecule has 1 aromatic carbocycles. The summed E-state index contributed by atoms with van der Waals surface area (Å²) in [4.78, 5) is 26.1. The lowest BCUT2D eigenvalue weighted by Crippen LogP contribution is -2.41. The Kier molecular flexibility index (Phi) is 5.94. The zero-order valence-electron chi connectivity index (χ0n) is 17.8. The number of likely N-dealkylation sites (N-methyl/N-ethyl adjacent to an activating group) is 1. The zero-order chi connectivity index (χ0) is 21.1. The molecule has 0 amide bonds. The van der Waals surface area contributed by atoms with Gasteiger partial charge in [-0.25, -0.2) is 14.6 Å². The normalized spacial score (nSPS) is 16.8. The number of aryl methyl sites for hydroxylation is 1. The van der Waals surface area contributed by atoms with Gasteiger partial charge in [-0.15, -0.1) is 0 Å². The topological polar surface area (TPSA) is 76.4 Å². The van der Waals surface area contributed by atoms with Crippen LogP contribution in [0.3, 0.4) is 0 Å². The van der Waals surface area contributed by atoms with Crippen molar-refractivity contribution in [3.63, 3.8) is 0 Å². The fourth-order valence-corrected chi connectivity index (χ4v) is 4.07. The van der Waals surface area contributed by atoms with Crippen LogP contribution in [-0.2, 0) is 4.74 Å². The summed E-state index contributed by atoms with van der Waals surface area (Å²) in [7, 11) is 3.60. The molecule has 0 aliphatic carbocycles. The largest absolute Gasteiger partial charge is 0.383 e. The van der Waals surface area contributed by atoms with E-state index in [0.29, 0.717) is 19.7 Å². The Balaban J connectivity index is 1.58. The molecule has 3 aromatic rings. The number of hydrogen-bond donors (Lipinski definition) is 0. The van der Waals surface area contributed by atoms with E-state index in [2.05, 4.69) is 39.0 Å². The summed E-state index contributed by atoms with van der Waals surface area (Å²) in [5, 5.41) is 5.55. The van der Waals surface area contributed by atoms with E-state index in [4.69, 9.17) is 4.74 Å². The van der Waals surface area contributed by atoms with Crippen LogP contribution in [0, 0.1) is 6.92 Å². The number of piperidine rings is 1. The molecule has 30 heavy (non-hydrogen) atoms. The molecule has 1 aliphatic rings. The summed E-state index contributed by atoms with van der Waals surface area (Å²) < 4.78 is 6.73. The lowest BCUT2D eigenvalue weighted by molar-refractivity contribution is 0.206. The fourth-order valence-electron chi connectivity index (χ4n) is 4.07. The molecule has 8 nitrogen and oxygen atoms in total. The monoisotopic (exact) mass is 408 g/mol. The highest BCUT2D eigenvalue weighted by molar-refractivity contribution is 5.91. The van der Waals surface area contributed by atoms with E-state index < -0.39 is 0 Å². The Hall–Kier alpha value is -3.00. The lowest BCUT2D eigenvalue weighted by Gasteiger charge is -2.34. The first-order valence-electron chi connectivity index (χ1n) is 10.3. The molecule has 0 saturated carbocycles. The van der Waals surface area contributed by atoms with Crippen LogP contribution in [-0.4, -0.2) is 60.1 Å². The number of nitrogens with zero attached hydrogens (tertiary/aromatic N) is 6. The second-order valence-corrected chi connectivity index (χ2v) is 7.82. The van der Waals surface area contributed by atoms with Gasteiger partial charge in [-0.2, -0.15) is 5.10 Å². The summed E-state index contributed by atoms with van der Waals surface area (Å²) in [6, 6.07) is 7.84. The van der Waals surface area contributed by atoms with Gasteiger partial charge in [0.25, 0.3) is 5.56 Å². The van der Waals surface area contributed by atoms with Crippen molar-refractivity contribution in [2.45, 2.75) is 25.8 Å². The van der Waals surface area contributed by atoms with Crippen LogP contribution < -0.4 is 15.4 Å². The predicted octanol–water partition coefficient (Wildman–Crippen LogP) is 2.42. The number of aromatic nitrogens is 4. The molecule has 1 saturated heterocycles. The molecule has 158 valence electrons. The summed E-state index contributed by atoms with van der Waals surface area (Å²) in [5.41, 5.74) is 2.84. The average Bonchev–Trinajstić information content (AvgIpc) is 2.77. The minimum absolute atomic E-state index is 0.0133. The third-order valence-corrected chi connectivity index (χ3v) is 5.77. The maximum Gasteiger partial charge on any atom is 0.269 e. The highest BCUT2D eigenvalue weighted by Crippen LogP contribution is 2.29. The Labute approximate surface area is 176 Å². The van der Waals surface area contributed by atoms with E-state index in [1.807, 2.05) is 18.0 Å². The quantitative estimate of drug-likeness (QED) is 0.620. The smallest absolute Gasteiger partial charge is 0.269 e. The number of benzene rings is 1. The number of rotatable bonds is 6. The van der Waals surface area contributed by atoms with Crippen LogP contribution in [0.4, 0.5) is 11.5 Å². The van der Waals surface area contributed by atoms with Gasteiger partial charge in [0.05, 0.1) is 30.0 Å². The third-order valence-electron chi connectivity index (χ3n) is 5.77. The van der Waals surface area contributed by atoms with E-state index >= 15 is 0 Å². The van der Waals surface area contributed by atoms with Crippen LogP contribution in [0.1, 0.15) is 24.4 Å². The van der Waals surface area contributed by atoms with E-state index in [9.17, 15) is 4.79 Å². The Morgan fingerprint density at radius 1 is 1.30 bits per heavy atom. The van der Waals surface area contributed by atoms with Gasteiger partial charge in [0, 0.05) is 45.2 Å². The van der Waals surface area contributed by atoms with Crippen molar-refractivity contribution in [3.8, 4) is 0 Å². The Morgan fingerprint density at radius 2 is 2.17 bits per heavy atom. The molecular formula is C22H28N6O2. The molecule has 1 aliphatic heterocycles. The van der Waals surface area contributed by atoms with Crippen molar-refractivity contribution in [2.75, 3.05) is 50.2 Å². The van der Waals surface area contributed by atoms with Crippen molar-refractivity contribution in [3.05, 3.63) is 52.7 Å². The summed E-state index contributed by atoms with van der Waals surface area (Å²) in [6.45, 7) is 4.98. The number of methoxy groups -OCH3 is 1. The SMILES string of the molecule is COCCN(C)c1cnn(C2CCCN(c3ncnc4c(C)cccc34)C2)c(=O)c1. The van der Waals surface area contributed by atoms with E-state index in [0.717, 1.165) is 47.4 Å². The summed E-state index contributed by atoms with van der Waals surface area (Å²) in [5.74, 6) is 0.928. The van der Waals surface area contributed by atoms with Gasteiger partial charge in [0.15, 0.2) is 0 Å². The number of anilines is 2. The highest BCUT2D eigenvalue weighted by Gasteiger charge is 2.25. The Morgan fingerprint density at radius 3 is 2.97 bits per heavy atom. The maximum atomic E-state index is 12.8.